The van der Waals surface area contributed by atoms with Crippen LogP contribution in [-0.2, 0) is 10.0 Å². The molecule has 0 aliphatic carbocycles. The normalized spacial score (nSPS) is 16.7. The summed E-state index contributed by atoms with van der Waals surface area (Å²) in [5.41, 5.74) is 0.397. The molecule has 0 saturated carbocycles. The number of nitrogens with zero attached hydrogens (tertiary/aromatic N) is 3. The van der Waals surface area contributed by atoms with Crippen molar-refractivity contribution in [3.63, 3.8) is 0 Å². The van der Waals surface area contributed by atoms with Crippen LogP contribution in [0.1, 0.15) is 30.1 Å². The minimum Gasteiger partial charge on any atom is -0.296 e. The Balaban J connectivity index is 1.71. The molecule has 3 rings (SSSR count). The lowest BCUT2D eigenvalue weighted by atomic mass is 10.0. The van der Waals surface area contributed by atoms with Crippen LogP contribution in [0.5, 0.6) is 0 Å². The van der Waals surface area contributed by atoms with Gasteiger partial charge < -0.3 is 0 Å². The lowest BCUT2D eigenvalue weighted by Crippen LogP contribution is -2.37. The predicted octanol–water partition coefficient (Wildman–Crippen LogP) is 2.86. The highest BCUT2D eigenvalue weighted by Gasteiger charge is 2.31. The van der Waals surface area contributed by atoms with E-state index in [0.717, 1.165) is 24.2 Å². The Morgan fingerprint density at radius 3 is 2.52 bits per heavy atom. The molecule has 10 heteroatoms. The van der Waals surface area contributed by atoms with Gasteiger partial charge in [0.25, 0.3) is 15.9 Å². The Labute approximate surface area is 155 Å². The highest BCUT2D eigenvalue weighted by Crippen LogP contribution is 2.27. The molecule has 7 nitrogen and oxygen atoms in total. The van der Waals surface area contributed by atoms with Crippen molar-refractivity contribution in [3.05, 3.63) is 34.9 Å². The van der Waals surface area contributed by atoms with Crippen LogP contribution in [0.2, 0.25) is 5.02 Å². The fraction of sp³-hybridized carbons (Fsp3) is 0.400. The lowest BCUT2D eigenvalue weighted by Gasteiger charge is -2.28. The zero-order chi connectivity index (χ0) is 18.0. The molecule has 25 heavy (non-hydrogen) atoms. The number of amides is 1. The molecule has 1 fully saturated rings. The average molecular weight is 401 g/mol. The maximum absolute atomic E-state index is 12.6. The maximum atomic E-state index is 12.6. The third-order valence-electron chi connectivity index (χ3n) is 4.04. The number of hydrogen-bond donors (Lipinski definition) is 1. The van der Waals surface area contributed by atoms with Crippen LogP contribution in [-0.4, -0.2) is 41.9 Å². The van der Waals surface area contributed by atoms with E-state index in [2.05, 4.69) is 22.4 Å². The molecular formula is C15H17ClN4O3S2. The molecule has 0 radical (unpaired) electrons. The molecule has 0 spiro atoms. The van der Waals surface area contributed by atoms with E-state index in [1.54, 1.807) is 24.3 Å². The first-order chi connectivity index (χ1) is 11.9. The van der Waals surface area contributed by atoms with Crippen molar-refractivity contribution in [2.75, 3.05) is 18.4 Å². The fourth-order valence-corrected chi connectivity index (χ4v) is 5.10. The van der Waals surface area contributed by atoms with Crippen LogP contribution in [0.15, 0.2) is 28.6 Å². The van der Waals surface area contributed by atoms with Gasteiger partial charge in [-0.05, 0) is 43.0 Å². The fourth-order valence-electron chi connectivity index (χ4n) is 2.47. The predicted molar refractivity (Wildman–Crippen MR) is 96.5 cm³/mol. The van der Waals surface area contributed by atoms with Crippen LogP contribution in [0.25, 0.3) is 0 Å². The molecule has 1 aromatic carbocycles. The van der Waals surface area contributed by atoms with Crippen LogP contribution < -0.4 is 5.32 Å². The van der Waals surface area contributed by atoms with Crippen molar-refractivity contribution in [2.24, 2.45) is 5.92 Å². The zero-order valence-electron chi connectivity index (χ0n) is 13.5. The number of carbonyl (C=O) groups excluding carboxylic acids is 1. The van der Waals surface area contributed by atoms with Crippen molar-refractivity contribution in [1.82, 2.24) is 14.5 Å². The molecule has 2 heterocycles. The molecule has 1 amide bonds. The second kappa shape index (κ2) is 7.36. The topological polar surface area (TPSA) is 92.3 Å². The van der Waals surface area contributed by atoms with Gasteiger partial charge in [0, 0.05) is 23.7 Å². The van der Waals surface area contributed by atoms with Gasteiger partial charge in [0.2, 0.25) is 9.47 Å². The van der Waals surface area contributed by atoms with Gasteiger partial charge in [0.05, 0.1) is 0 Å². The summed E-state index contributed by atoms with van der Waals surface area (Å²) in [4.78, 5) is 12.1. The number of aromatic nitrogens is 2. The largest absolute Gasteiger partial charge is 0.296 e. The van der Waals surface area contributed by atoms with E-state index < -0.39 is 15.9 Å². The minimum atomic E-state index is -3.66. The van der Waals surface area contributed by atoms with E-state index in [1.807, 2.05) is 0 Å². The Morgan fingerprint density at radius 1 is 1.24 bits per heavy atom. The summed E-state index contributed by atoms with van der Waals surface area (Å²) in [6.45, 7) is 3.07. The first-order valence-electron chi connectivity index (χ1n) is 7.77. The molecule has 0 atom stereocenters. The van der Waals surface area contributed by atoms with Gasteiger partial charge in [-0.3, -0.25) is 10.1 Å². The van der Waals surface area contributed by atoms with Crippen molar-refractivity contribution < 1.29 is 13.2 Å². The molecule has 1 saturated heterocycles. The SMILES string of the molecule is CC1CCN(S(=O)(=O)c2nnc(NC(=O)c3ccc(Cl)cc3)s2)CC1. The number of sulfonamides is 1. The van der Waals surface area contributed by atoms with E-state index >= 15 is 0 Å². The lowest BCUT2D eigenvalue weighted by molar-refractivity contribution is 0.102. The van der Waals surface area contributed by atoms with Gasteiger partial charge >= 0.3 is 0 Å². The highest BCUT2D eigenvalue weighted by atomic mass is 35.5. The Morgan fingerprint density at radius 2 is 1.88 bits per heavy atom. The average Bonchev–Trinajstić information content (AvgIpc) is 3.05. The van der Waals surface area contributed by atoms with E-state index in [4.69, 9.17) is 11.6 Å². The number of carbonyl (C=O) groups is 1. The van der Waals surface area contributed by atoms with Crippen molar-refractivity contribution in [2.45, 2.75) is 24.1 Å². The number of halogens is 1. The van der Waals surface area contributed by atoms with Gasteiger partial charge in [-0.15, -0.1) is 10.2 Å². The Hall–Kier alpha value is -1.55. The molecule has 0 unspecified atom stereocenters. The summed E-state index contributed by atoms with van der Waals surface area (Å²) in [6, 6.07) is 6.35. The van der Waals surface area contributed by atoms with Gasteiger partial charge in [0.1, 0.15) is 0 Å². The van der Waals surface area contributed by atoms with Crippen molar-refractivity contribution >= 4 is 44.0 Å². The summed E-state index contributed by atoms with van der Waals surface area (Å²) in [6.07, 6.45) is 1.66. The minimum absolute atomic E-state index is 0.103. The summed E-state index contributed by atoms with van der Waals surface area (Å²) < 4.78 is 26.5. The highest BCUT2D eigenvalue weighted by molar-refractivity contribution is 7.91. The standard InChI is InChI=1S/C15H17ClN4O3S2/c1-10-6-8-20(9-7-10)25(22,23)15-19-18-14(24-15)17-13(21)11-2-4-12(16)5-3-11/h2-5,10H,6-9H2,1H3,(H,17,18,21). The number of nitrogens with one attached hydrogen (secondary N) is 1. The second-order valence-electron chi connectivity index (χ2n) is 5.92. The molecule has 1 aliphatic heterocycles. The van der Waals surface area contributed by atoms with Gasteiger partial charge in [-0.25, -0.2) is 8.42 Å². The molecule has 0 bridgehead atoms. The summed E-state index contributed by atoms with van der Waals surface area (Å²) in [7, 11) is -3.66. The summed E-state index contributed by atoms with van der Waals surface area (Å²) in [5.74, 6) is 0.124. The smallest absolute Gasteiger partial charge is 0.272 e. The summed E-state index contributed by atoms with van der Waals surface area (Å²) >= 11 is 6.64. The van der Waals surface area contributed by atoms with Gasteiger partial charge in [-0.1, -0.05) is 29.9 Å². The summed E-state index contributed by atoms with van der Waals surface area (Å²) in [5, 5.41) is 10.8. The Bertz CT molecular complexity index is 859. The number of anilines is 1. The van der Waals surface area contributed by atoms with Crippen LogP contribution in [0, 0.1) is 5.92 Å². The number of benzene rings is 1. The molecule has 1 N–H and O–H groups in total. The first-order valence-corrected chi connectivity index (χ1v) is 10.4. The van der Waals surface area contributed by atoms with Crippen molar-refractivity contribution in [1.29, 1.82) is 0 Å². The van der Waals surface area contributed by atoms with E-state index in [9.17, 15) is 13.2 Å². The molecule has 1 aromatic heterocycles. The quantitative estimate of drug-likeness (QED) is 0.796. The number of rotatable bonds is 4. The van der Waals surface area contributed by atoms with E-state index in [1.165, 1.54) is 4.31 Å². The van der Waals surface area contributed by atoms with E-state index in [-0.39, 0.29) is 9.47 Å². The van der Waals surface area contributed by atoms with Crippen LogP contribution >= 0.6 is 22.9 Å². The van der Waals surface area contributed by atoms with Crippen LogP contribution in [0.3, 0.4) is 0 Å². The third kappa shape index (κ3) is 4.17. The second-order valence-corrected chi connectivity index (χ2v) is 9.45. The monoisotopic (exact) mass is 400 g/mol. The molecule has 2 aromatic rings. The maximum Gasteiger partial charge on any atom is 0.272 e. The number of hydrogen-bond acceptors (Lipinski definition) is 6. The van der Waals surface area contributed by atoms with Crippen molar-refractivity contribution in [3.8, 4) is 0 Å². The first kappa shape index (κ1) is 18.2. The molecule has 134 valence electrons. The van der Waals surface area contributed by atoms with E-state index in [0.29, 0.717) is 29.6 Å². The molecule has 1 aliphatic rings. The third-order valence-corrected chi connectivity index (χ3v) is 7.37. The van der Waals surface area contributed by atoms with Gasteiger partial charge in [0.15, 0.2) is 0 Å². The van der Waals surface area contributed by atoms with Gasteiger partial charge in [-0.2, -0.15) is 4.31 Å². The molecular weight excluding hydrogens is 384 g/mol. The van der Waals surface area contributed by atoms with Crippen LogP contribution in [0.4, 0.5) is 5.13 Å². The number of piperidine rings is 1. The Kier molecular flexibility index (Phi) is 5.38. The zero-order valence-corrected chi connectivity index (χ0v) is 15.9.